The van der Waals surface area contributed by atoms with E-state index >= 15 is 0 Å². The van der Waals surface area contributed by atoms with Crippen LogP contribution in [0.2, 0.25) is 0 Å². The first-order valence-electron chi connectivity index (χ1n) is 8.37. The predicted molar refractivity (Wildman–Crippen MR) is 105 cm³/mol. The number of amides is 1. The number of rotatable bonds is 7. The quantitative estimate of drug-likeness (QED) is 0.373. The Bertz CT molecular complexity index is 1000. The molecule has 3 rings (SSSR count). The highest BCUT2D eigenvalue weighted by molar-refractivity contribution is 7.99. The van der Waals surface area contributed by atoms with Gasteiger partial charge in [0.05, 0.1) is 0 Å². The minimum absolute atomic E-state index is 0.0196. The first kappa shape index (κ1) is 18.7. The first-order chi connectivity index (χ1) is 13.1. The molecule has 0 radical (unpaired) electrons. The lowest BCUT2D eigenvalue weighted by Gasteiger charge is -2.07. The van der Waals surface area contributed by atoms with Crippen LogP contribution in [0.4, 0.5) is 0 Å². The Morgan fingerprint density at radius 2 is 1.78 bits per heavy atom. The number of carbonyl (C=O) groups is 2. The van der Waals surface area contributed by atoms with Crippen molar-refractivity contribution >= 4 is 34.5 Å². The van der Waals surface area contributed by atoms with Gasteiger partial charge in [-0.25, -0.2) is 4.79 Å². The Morgan fingerprint density at radius 3 is 2.59 bits per heavy atom. The fourth-order valence-electron chi connectivity index (χ4n) is 2.44. The molecule has 0 bridgehead atoms. The maximum absolute atomic E-state index is 12.1. The number of carbonyl (C=O) groups excluding carboxylic acids is 2. The van der Waals surface area contributed by atoms with Crippen molar-refractivity contribution in [3.8, 4) is 0 Å². The number of esters is 1. The number of ether oxygens (including phenoxy) is 1. The molecule has 0 saturated carbocycles. The highest BCUT2D eigenvalue weighted by atomic mass is 32.2. The zero-order valence-corrected chi connectivity index (χ0v) is 15.3. The Labute approximate surface area is 159 Å². The molecule has 0 atom stereocenters. The molecule has 0 spiro atoms. The van der Waals surface area contributed by atoms with E-state index in [4.69, 9.17) is 4.74 Å². The number of thioether (sulfide) groups is 1. The number of hydrogen-bond donors (Lipinski definition) is 2. The fraction of sp³-hybridized carbons (Fsp3) is 0.150. The summed E-state index contributed by atoms with van der Waals surface area (Å²) in [4.78, 5) is 39.9. The summed E-state index contributed by atoms with van der Waals surface area (Å²) < 4.78 is 4.98. The molecule has 0 aliphatic rings. The molecule has 0 fully saturated rings. The zero-order chi connectivity index (χ0) is 19.1. The van der Waals surface area contributed by atoms with Crippen molar-refractivity contribution in [1.29, 1.82) is 0 Å². The van der Waals surface area contributed by atoms with E-state index in [2.05, 4.69) is 10.3 Å². The van der Waals surface area contributed by atoms with Crippen molar-refractivity contribution < 1.29 is 14.3 Å². The van der Waals surface area contributed by atoms with Crippen LogP contribution in [0.1, 0.15) is 10.5 Å². The molecule has 3 aromatic rings. The van der Waals surface area contributed by atoms with E-state index in [0.29, 0.717) is 23.2 Å². The molecule has 1 amide bonds. The Balaban J connectivity index is 1.46. The van der Waals surface area contributed by atoms with Gasteiger partial charge in [-0.1, -0.05) is 30.3 Å². The van der Waals surface area contributed by atoms with Gasteiger partial charge in [-0.15, -0.1) is 11.8 Å². The molecule has 2 aromatic carbocycles. The summed E-state index contributed by atoms with van der Waals surface area (Å²) in [6.07, 6.45) is 0. The van der Waals surface area contributed by atoms with E-state index in [9.17, 15) is 14.4 Å². The van der Waals surface area contributed by atoms with E-state index < -0.39 is 12.6 Å². The smallest absolute Gasteiger partial charge is 0.355 e. The van der Waals surface area contributed by atoms with Gasteiger partial charge in [-0.2, -0.15) is 0 Å². The molecule has 7 heteroatoms. The third-order valence-electron chi connectivity index (χ3n) is 3.73. The number of aromatic nitrogens is 1. The average molecular weight is 382 g/mol. The van der Waals surface area contributed by atoms with Crippen LogP contribution in [-0.4, -0.2) is 35.8 Å². The van der Waals surface area contributed by atoms with Gasteiger partial charge in [0.25, 0.3) is 5.91 Å². The average Bonchev–Trinajstić information content (AvgIpc) is 2.70. The van der Waals surface area contributed by atoms with Gasteiger partial charge in [0, 0.05) is 34.2 Å². The van der Waals surface area contributed by atoms with Crippen molar-refractivity contribution in [2.75, 3.05) is 18.9 Å². The van der Waals surface area contributed by atoms with Crippen molar-refractivity contribution in [3.63, 3.8) is 0 Å². The Hall–Kier alpha value is -3.06. The molecule has 27 heavy (non-hydrogen) atoms. The third kappa shape index (κ3) is 5.21. The maximum atomic E-state index is 12.1. The SMILES string of the molecule is O=C(COC(=O)c1cc(=O)c2ccccc2[nH]1)NCCSc1ccccc1. The van der Waals surface area contributed by atoms with E-state index in [1.807, 2.05) is 30.3 Å². The van der Waals surface area contributed by atoms with Crippen LogP contribution in [0.5, 0.6) is 0 Å². The zero-order valence-electron chi connectivity index (χ0n) is 14.4. The van der Waals surface area contributed by atoms with Gasteiger partial charge < -0.3 is 15.0 Å². The summed E-state index contributed by atoms with van der Waals surface area (Å²) in [5, 5.41) is 3.18. The summed E-state index contributed by atoms with van der Waals surface area (Å²) in [7, 11) is 0. The van der Waals surface area contributed by atoms with Crippen molar-refractivity contribution in [1.82, 2.24) is 10.3 Å². The monoisotopic (exact) mass is 382 g/mol. The first-order valence-corrected chi connectivity index (χ1v) is 9.36. The van der Waals surface area contributed by atoms with E-state index in [-0.39, 0.29) is 17.0 Å². The number of nitrogens with one attached hydrogen (secondary N) is 2. The van der Waals surface area contributed by atoms with Gasteiger partial charge in [0.15, 0.2) is 12.0 Å². The topological polar surface area (TPSA) is 88.3 Å². The number of aromatic amines is 1. The molecule has 1 aromatic heterocycles. The summed E-state index contributed by atoms with van der Waals surface area (Å²) in [6, 6.07) is 17.9. The number of benzene rings is 2. The second-order valence-corrected chi connectivity index (χ2v) is 6.85. The molecule has 0 aliphatic carbocycles. The molecule has 6 nitrogen and oxygen atoms in total. The van der Waals surface area contributed by atoms with Crippen LogP contribution in [0.15, 0.2) is 70.4 Å². The van der Waals surface area contributed by atoms with Gasteiger partial charge in [-0.3, -0.25) is 9.59 Å². The number of H-pyrrole nitrogens is 1. The minimum atomic E-state index is -0.744. The van der Waals surface area contributed by atoms with E-state index in [1.54, 1.807) is 36.0 Å². The van der Waals surface area contributed by atoms with Gasteiger partial charge in [-0.05, 0) is 24.3 Å². The molecular weight excluding hydrogens is 364 g/mol. The number of fused-ring (bicyclic) bond motifs is 1. The van der Waals surface area contributed by atoms with Crippen LogP contribution < -0.4 is 10.7 Å². The van der Waals surface area contributed by atoms with Crippen LogP contribution in [0, 0.1) is 0 Å². The molecular formula is C20H18N2O4S. The van der Waals surface area contributed by atoms with Crippen molar-refractivity contribution in [2.45, 2.75) is 4.90 Å². The lowest BCUT2D eigenvalue weighted by atomic mass is 10.2. The summed E-state index contributed by atoms with van der Waals surface area (Å²) >= 11 is 1.62. The van der Waals surface area contributed by atoms with Crippen LogP contribution >= 0.6 is 11.8 Å². The molecule has 2 N–H and O–H groups in total. The normalized spacial score (nSPS) is 10.5. The fourth-order valence-corrected chi connectivity index (χ4v) is 3.23. The maximum Gasteiger partial charge on any atom is 0.355 e. The molecule has 138 valence electrons. The van der Waals surface area contributed by atoms with Gasteiger partial charge in [0.1, 0.15) is 5.69 Å². The van der Waals surface area contributed by atoms with Crippen molar-refractivity contribution in [2.24, 2.45) is 0 Å². The molecule has 0 aliphatic heterocycles. The van der Waals surface area contributed by atoms with E-state index in [1.165, 1.54) is 6.07 Å². The van der Waals surface area contributed by atoms with Crippen LogP contribution in [-0.2, 0) is 9.53 Å². The molecule has 0 unspecified atom stereocenters. The van der Waals surface area contributed by atoms with Gasteiger partial charge in [0.2, 0.25) is 0 Å². The molecule has 1 heterocycles. The largest absolute Gasteiger partial charge is 0.451 e. The highest BCUT2D eigenvalue weighted by Gasteiger charge is 2.13. The lowest BCUT2D eigenvalue weighted by molar-refractivity contribution is -0.124. The highest BCUT2D eigenvalue weighted by Crippen LogP contribution is 2.15. The van der Waals surface area contributed by atoms with Gasteiger partial charge >= 0.3 is 5.97 Å². The lowest BCUT2D eigenvalue weighted by Crippen LogP contribution is -2.30. The summed E-state index contributed by atoms with van der Waals surface area (Å²) in [5.74, 6) is -0.423. The minimum Gasteiger partial charge on any atom is -0.451 e. The second-order valence-electron chi connectivity index (χ2n) is 5.68. The Morgan fingerprint density at radius 1 is 1.04 bits per heavy atom. The summed E-state index contributed by atoms with van der Waals surface area (Å²) in [6.45, 7) is 0.0620. The molecule has 0 saturated heterocycles. The van der Waals surface area contributed by atoms with Crippen LogP contribution in [0.3, 0.4) is 0 Å². The standard InChI is InChI=1S/C20H18N2O4S/c23-18-12-17(22-16-9-5-4-8-15(16)18)20(25)26-13-19(24)21-10-11-27-14-6-2-1-3-7-14/h1-9,12H,10-11,13H2,(H,21,24)(H,22,23). The second kappa shape index (κ2) is 9.05. The van der Waals surface area contributed by atoms with E-state index in [0.717, 1.165) is 4.90 Å². The Kier molecular flexibility index (Phi) is 6.27. The third-order valence-corrected chi connectivity index (χ3v) is 4.74. The number of para-hydroxylation sites is 1. The summed E-state index contributed by atoms with van der Waals surface area (Å²) in [5.41, 5.74) is 0.282. The predicted octanol–water partition coefficient (Wildman–Crippen LogP) is 2.59. The number of hydrogen-bond acceptors (Lipinski definition) is 5. The number of pyridine rings is 1. The van der Waals surface area contributed by atoms with Crippen LogP contribution in [0.25, 0.3) is 10.9 Å². The van der Waals surface area contributed by atoms with Crippen molar-refractivity contribution in [3.05, 3.63) is 76.6 Å².